The van der Waals surface area contributed by atoms with E-state index in [1.165, 1.54) is 0 Å². The van der Waals surface area contributed by atoms with Crippen molar-refractivity contribution in [3.8, 4) is 0 Å². The molecule has 0 radical (unpaired) electrons. The quantitative estimate of drug-likeness (QED) is 0.690. The fourth-order valence-corrected chi connectivity index (χ4v) is 2.67. The Morgan fingerprint density at radius 1 is 1.36 bits per heavy atom. The Balaban J connectivity index is 1.99. The smallest absolute Gasteiger partial charge is 0.320 e. The molecular weight excluding hydrogens is 180 g/mol. The van der Waals surface area contributed by atoms with Gasteiger partial charge in [-0.1, -0.05) is 0 Å². The van der Waals surface area contributed by atoms with Crippen LogP contribution < -0.4 is 0 Å². The average Bonchev–Trinajstić information content (AvgIpc) is 2.70. The predicted molar refractivity (Wildman–Crippen MR) is 53.3 cm³/mol. The van der Waals surface area contributed by atoms with Crippen LogP contribution in [0.1, 0.15) is 19.3 Å². The molecule has 2 aliphatic heterocycles. The van der Waals surface area contributed by atoms with Gasteiger partial charge in [-0.15, -0.1) is 0 Å². The molecule has 2 aliphatic rings. The van der Waals surface area contributed by atoms with E-state index in [1.807, 2.05) is 0 Å². The number of likely N-dealkylation sites (N-methyl/N-ethyl adjacent to an activating group) is 1. The molecule has 1 N–H and O–H groups in total. The van der Waals surface area contributed by atoms with E-state index >= 15 is 0 Å². The zero-order valence-electron chi connectivity index (χ0n) is 8.65. The highest BCUT2D eigenvalue weighted by atomic mass is 16.4. The van der Waals surface area contributed by atoms with Gasteiger partial charge >= 0.3 is 5.97 Å². The molecular formula is C10H18N2O2. The molecule has 4 heteroatoms. The summed E-state index contributed by atoms with van der Waals surface area (Å²) >= 11 is 0. The monoisotopic (exact) mass is 198 g/mol. The van der Waals surface area contributed by atoms with Gasteiger partial charge in [0.25, 0.3) is 0 Å². The molecule has 2 atom stereocenters. The molecule has 4 nitrogen and oxygen atoms in total. The van der Waals surface area contributed by atoms with Gasteiger partial charge < -0.3 is 10.0 Å². The molecule has 2 rings (SSSR count). The highest BCUT2D eigenvalue weighted by Crippen LogP contribution is 2.24. The standard InChI is InChI=1S/C10H18N2O2/c1-11-6-4-8(7-11)12-5-2-3-9(12)10(13)14/h8-9H,2-7H2,1H3,(H,13,14)/t8?,9-/m0/s1. The van der Waals surface area contributed by atoms with E-state index in [2.05, 4.69) is 16.8 Å². The lowest BCUT2D eigenvalue weighted by atomic mass is 10.1. The summed E-state index contributed by atoms with van der Waals surface area (Å²) < 4.78 is 0. The molecule has 1 unspecified atom stereocenters. The number of carbonyl (C=O) groups is 1. The SMILES string of the molecule is CN1CCC(N2CCC[C@H]2C(=O)O)C1. The second kappa shape index (κ2) is 3.87. The first-order chi connectivity index (χ1) is 6.68. The van der Waals surface area contributed by atoms with Crippen molar-refractivity contribution < 1.29 is 9.90 Å². The molecule has 0 spiro atoms. The summed E-state index contributed by atoms with van der Waals surface area (Å²) in [5.41, 5.74) is 0. The molecule has 0 aromatic rings. The van der Waals surface area contributed by atoms with Crippen LogP contribution in [0.25, 0.3) is 0 Å². The summed E-state index contributed by atoms with van der Waals surface area (Å²) in [6.45, 7) is 3.10. The van der Waals surface area contributed by atoms with Crippen LogP contribution in [0.2, 0.25) is 0 Å². The van der Waals surface area contributed by atoms with Crippen molar-refractivity contribution in [3.63, 3.8) is 0 Å². The minimum atomic E-state index is -0.642. The maximum absolute atomic E-state index is 11.0. The number of likely N-dealkylation sites (tertiary alicyclic amines) is 2. The molecule has 14 heavy (non-hydrogen) atoms. The molecule has 80 valence electrons. The number of carboxylic acids is 1. The van der Waals surface area contributed by atoms with Gasteiger partial charge in [-0.05, 0) is 39.4 Å². The Labute approximate surface area is 84.5 Å². The fraction of sp³-hybridized carbons (Fsp3) is 0.900. The number of carboxylic acid groups (broad SMARTS) is 1. The van der Waals surface area contributed by atoms with Gasteiger partial charge in [0.2, 0.25) is 0 Å². The highest BCUT2D eigenvalue weighted by molar-refractivity contribution is 5.73. The zero-order chi connectivity index (χ0) is 10.1. The molecule has 0 aromatic heterocycles. The number of hydrogen-bond acceptors (Lipinski definition) is 3. The van der Waals surface area contributed by atoms with E-state index < -0.39 is 5.97 Å². The van der Waals surface area contributed by atoms with Crippen molar-refractivity contribution in [1.82, 2.24) is 9.80 Å². The highest BCUT2D eigenvalue weighted by Gasteiger charge is 2.37. The first-order valence-corrected chi connectivity index (χ1v) is 5.35. The summed E-state index contributed by atoms with van der Waals surface area (Å²) in [6, 6.07) is 0.259. The summed E-state index contributed by atoms with van der Waals surface area (Å²) in [6.07, 6.45) is 2.99. The second-order valence-electron chi connectivity index (χ2n) is 4.44. The predicted octanol–water partition coefficient (Wildman–Crippen LogP) is 0.239. The maximum Gasteiger partial charge on any atom is 0.320 e. The normalized spacial score (nSPS) is 35.2. The average molecular weight is 198 g/mol. The third kappa shape index (κ3) is 1.77. The van der Waals surface area contributed by atoms with Gasteiger partial charge in [0.05, 0.1) is 0 Å². The van der Waals surface area contributed by atoms with Crippen LogP contribution in [0.15, 0.2) is 0 Å². The van der Waals surface area contributed by atoms with Crippen LogP contribution in [0.4, 0.5) is 0 Å². The number of rotatable bonds is 2. The summed E-state index contributed by atoms with van der Waals surface area (Å²) in [5, 5.41) is 9.05. The topological polar surface area (TPSA) is 43.8 Å². The minimum Gasteiger partial charge on any atom is -0.480 e. The number of aliphatic carboxylic acids is 1. The Bertz CT molecular complexity index is 232. The molecule has 0 aliphatic carbocycles. The van der Waals surface area contributed by atoms with Crippen molar-refractivity contribution in [1.29, 1.82) is 0 Å². The number of hydrogen-bond donors (Lipinski definition) is 1. The fourth-order valence-electron chi connectivity index (χ4n) is 2.67. The van der Waals surface area contributed by atoms with Crippen LogP contribution in [0.3, 0.4) is 0 Å². The van der Waals surface area contributed by atoms with Crippen LogP contribution in [-0.4, -0.2) is 59.6 Å². The first kappa shape index (κ1) is 9.93. The van der Waals surface area contributed by atoms with Crippen LogP contribution in [0, 0.1) is 0 Å². The summed E-state index contributed by atoms with van der Waals surface area (Å²) in [5.74, 6) is -0.642. The summed E-state index contributed by atoms with van der Waals surface area (Å²) in [7, 11) is 2.10. The molecule has 0 bridgehead atoms. The lowest BCUT2D eigenvalue weighted by Crippen LogP contribution is -2.44. The molecule has 0 amide bonds. The molecule has 2 saturated heterocycles. The zero-order valence-corrected chi connectivity index (χ0v) is 8.65. The third-order valence-corrected chi connectivity index (χ3v) is 3.41. The van der Waals surface area contributed by atoms with E-state index in [0.29, 0.717) is 6.04 Å². The van der Waals surface area contributed by atoms with Gasteiger partial charge in [0, 0.05) is 12.6 Å². The molecule has 0 aromatic carbocycles. The van der Waals surface area contributed by atoms with Gasteiger partial charge in [-0.2, -0.15) is 0 Å². The Hall–Kier alpha value is -0.610. The van der Waals surface area contributed by atoms with Gasteiger partial charge in [-0.25, -0.2) is 0 Å². The van der Waals surface area contributed by atoms with Crippen molar-refractivity contribution in [2.45, 2.75) is 31.3 Å². The lowest BCUT2D eigenvalue weighted by molar-refractivity contribution is -0.142. The Kier molecular flexibility index (Phi) is 2.74. The Morgan fingerprint density at radius 3 is 2.71 bits per heavy atom. The Morgan fingerprint density at radius 2 is 2.14 bits per heavy atom. The van der Waals surface area contributed by atoms with E-state index in [0.717, 1.165) is 38.9 Å². The maximum atomic E-state index is 11.0. The number of nitrogens with zero attached hydrogens (tertiary/aromatic N) is 2. The van der Waals surface area contributed by atoms with E-state index in [-0.39, 0.29) is 6.04 Å². The van der Waals surface area contributed by atoms with Crippen LogP contribution in [0.5, 0.6) is 0 Å². The van der Waals surface area contributed by atoms with Crippen molar-refractivity contribution >= 4 is 5.97 Å². The summed E-state index contributed by atoms with van der Waals surface area (Å²) in [4.78, 5) is 15.5. The van der Waals surface area contributed by atoms with Gasteiger partial charge in [-0.3, -0.25) is 9.69 Å². The van der Waals surface area contributed by atoms with E-state index in [9.17, 15) is 4.79 Å². The van der Waals surface area contributed by atoms with Crippen molar-refractivity contribution in [3.05, 3.63) is 0 Å². The van der Waals surface area contributed by atoms with Crippen LogP contribution >= 0.6 is 0 Å². The van der Waals surface area contributed by atoms with E-state index in [1.54, 1.807) is 0 Å². The van der Waals surface area contributed by atoms with E-state index in [4.69, 9.17) is 5.11 Å². The second-order valence-corrected chi connectivity index (χ2v) is 4.44. The lowest BCUT2D eigenvalue weighted by Gasteiger charge is -2.27. The molecule has 0 saturated carbocycles. The largest absolute Gasteiger partial charge is 0.480 e. The van der Waals surface area contributed by atoms with Gasteiger partial charge in [0.1, 0.15) is 6.04 Å². The van der Waals surface area contributed by atoms with Crippen molar-refractivity contribution in [2.75, 3.05) is 26.7 Å². The van der Waals surface area contributed by atoms with Crippen molar-refractivity contribution in [2.24, 2.45) is 0 Å². The van der Waals surface area contributed by atoms with Crippen LogP contribution in [-0.2, 0) is 4.79 Å². The first-order valence-electron chi connectivity index (χ1n) is 5.35. The molecule has 2 fully saturated rings. The third-order valence-electron chi connectivity index (χ3n) is 3.41. The minimum absolute atomic E-state index is 0.216. The molecule has 2 heterocycles. The van der Waals surface area contributed by atoms with Gasteiger partial charge in [0.15, 0.2) is 0 Å².